The molecule has 2 aromatic rings. The van der Waals surface area contributed by atoms with Crippen molar-refractivity contribution in [3.63, 3.8) is 0 Å². The van der Waals surface area contributed by atoms with Gasteiger partial charge in [0.05, 0.1) is 14.9 Å². The highest BCUT2D eigenvalue weighted by Crippen LogP contribution is 2.26. The van der Waals surface area contributed by atoms with E-state index in [4.69, 9.17) is 27.9 Å². The zero-order valence-electron chi connectivity index (χ0n) is 12.4. The molecule has 0 aliphatic carbocycles. The molecule has 0 atom stereocenters. The highest BCUT2D eigenvalue weighted by molar-refractivity contribution is 7.91. The van der Waals surface area contributed by atoms with E-state index in [0.29, 0.717) is 10.8 Å². The zero-order chi connectivity index (χ0) is 18.6. The number of carbonyl (C=O) groups excluding carboxylic acids is 1. The summed E-state index contributed by atoms with van der Waals surface area (Å²) in [7, 11) is -4.67. The minimum atomic E-state index is -4.67. The Bertz CT molecular complexity index is 874. The molecule has 5 nitrogen and oxygen atoms in total. The third kappa shape index (κ3) is 5.04. The molecular weight excluding hydrogens is 399 g/mol. The largest absolute Gasteiger partial charge is 0.484 e. The minimum absolute atomic E-state index is 0.232. The van der Waals surface area contributed by atoms with Gasteiger partial charge in [0.25, 0.3) is 5.91 Å². The molecule has 0 aromatic heterocycles. The number of alkyl halides is 2. The first-order valence-electron chi connectivity index (χ1n) is 6.70. The molecule has 0 fully saturated rings. The first-order valence-corrected chi connectivity index (χ1v) is 9.00. The Balaban J connectivity index is 1.95. The first kappa shape index (κ1) is 19.4. The zero-order valence-corrected chi connectivity index (χ0v) is 14.7. The molecule has 1 N–H and O–H groups in total. The highest BCUT2D eigenvalue weighted by Gasteiger charge is 2.26. The lowest BCUT2D eigenvalue weighted by molar-refractivity contribution is -0.118. The van der Waals surface area contributed by atoms with Crippen LogP contribution in [0.2, 0.25) is 10.0 Å². The van der Waals surface area contributed by atoms with Gasteiger partial charge in [-0.05, 0) is 36.4 Å². The van der Waals surface area contributed by atoms with Gasteiger partial charge in [-0.3, -0.25) is 4.79 Å². The fourth-order valence-corrected chi connectivity index (χ4v) is 2.75. The molecule has 0 saturated heterocycles. The number of benzene rings is 2. The number of hydrogen-bond acceptors (Lipinski definition) is 4. The summed E-state index contributed by atoms with van der Waals surface area (Å²) in [6.07, 6.45) is 0. The van der Waals surface area contributed by atoms with Crippen LogP contribution in [0.15, 0.2) is 47.4 Å². The van der Waals surface area contributed by atoms with Gasteiger partial charge in [-0.2, -0.15) is 8.78 Å². The van der Waals surface area contributed by atoms with Crippen molar-refractivity contribution >= 4 is 44.6 Å². The van der Waals surface area contributed by atoms with Gasteiger partial charge in [0, 0.05) is 11.8 Å². The summed E-state index contributed by atoms with van der Waals surface area (Å²) in [5.74, 6) is -3.70. The second-order valence-corrected chi connectivity index (χ2v) is 7.47. The molecule has 1 amide bonds. The molecule has 0 aliphatic heterocycles. The number of carbonyl (C=O) groups is 1. The molecule has 0 heterocycles. The number of ether oxygens (including phenoxy) is 1. The molecule has 0 unspecified atom stereocenters. The van der Waals surface area contributed by atoms with Crippen molar-refractivity contribution in [3.8, 4) is 5.75 Å². The van der Waals surface area contributed by atoms with Gasteiger partial charge in [-0.25, -0.2) is 8.42 Å². The molecule has 2 aromatic carbocycles. The predicted molar refractivity (Wildman–Crippen MR) is 90.2 cm³/mol. The quantitative estimate of drug-likeness (QED) is 0.781. The maximum absolute atomic E-state index is 12.4. The molecule has 2 rings (SSSR count). The number of rotatable bonds is 6. The Labute approximate surface area is 152 Å². The van der Waals surface area contributed by atoms with Crippen molar-refractivity contribution in [2.45, 2.75) is 10.7 Å². The third-order valence-electron chi connectivity index (χ3n) is 2.96. The van der Waals surface area contributed by atoms with Gasteiger partial charge in [0.15, 0.2) is 6.61 Å². The molecule has 25 heavy (non-hydrogen) atoms. The molecule has 0 radical (unpaired) electrons. The van der Waals surface area contributed by atoms with E-state index >= 15 is 0 Å². The first-order chi connectivity index (χ1) is 11.7. The fourth-order valence-electron chi connectivity index (χ4n) is 1.74. The third-order valence-corrected chi connectivity index (χ3v) is 5.10. The molecule has 0 aliphatic rings. The Hall–Kier alpha value is -1.90. The van der Waals surface area contributed by atoms with Gasteiger partial charge >= 0.3 is 5.76 Å². The second kappa shape index (κ2) is 7.99. The Morgan fingerprint density at radius 3 is 2.28 bits per heavy atom. The molecule has 0 spiro atoms. The Morgan fingerprint density at radius 1 is 1.08 bits per heavy atom. The van der Waals surface area contributed by atoms with Gasteiger partial charge in [0.2, 0.25) is 9.84 Å². The normalized spacial score (nSPS) is 11.4. The lowest BCUT2D eigenvalue weighted by Gasteiger charge is -2.09. The topological polar surface area (TPSA) is 72.5 Å². The van der Waals surface area contributed by atoms with Crippen LogP contribution in [0.25, 0.3) is 0 Å². The van der Waals surface area contributed by atoms with E-state index in [0.717, 1.165) is 12.1 Å². The summed E-state index contributed by atoms with van der Waals surface area (Å²) in [4.78, 5) is 11.3. The lowest BCUT2D eigenvalue weighted by Crippen LogP contribution is -2.20. The van der Waals surface area contributed by atoms with Crippen LogP contribution >= 0.6 is 23.2 Å². The second-order valence-electron chi connectivity index (χ2n) is 4.74. The average molecular weight is 410 g/mol. The maximum Gasteiger partial charge on any atom is 0.341 e. The summed E-state index contributed by atoms with van der Waals surface area (Å²) < 4.78 is 52.7. The van der Waals surface area contributed by atoms with Crippen molar-refractivity contribution < 1.29 is 26.7 Å². The maximum atomic E-state index is 12.4. The van der Waals surface area contributed by atoms with Crippen molar-refractivity contribution in [2.75, 3.05) is 11.9 Å². The van der Waals surface area contributed by atoms with E-state index < -0.39 is 26.4 Å². The van der Waals surface area contributed by atoms with E-state index in [1.54, 1.807) is 0 Å². The molecule has 0 saturated carbocycles. The highest BCUT2D eigenvalue weighted by atomic mass is 35.5. The number of hydrogen-bond donors (Lipinski definition) is 1. The van der Waals surface area contributed by atoms with Gasteiger partial charge in [-0.15, -0.1) is 0 Å². The monoisotopic (exact) mass is 409 g/mol. The van der Waals surface area contributed by atoms with Crippen LogP contribution in [0.4, 0.5) is 14.5 Å². The average Bonchev–Trinajstić information content (AvgIpc) is 2.56. The number of nitrogens with one attached hydrogen (secondary N) is 1. The van der Waals surface area contributed by atoms with E-state index in [9.17, 15) is 22.0 Å². The van der Waals surface area contributed by atoms with Crippen LogP contribution in [0, 0.1) is 0 Å². The molecule has 10 heteroatoms. The summed E-state index contributed by atoms with van der Waals surface area (Å²) in [5.41, 5.74) is 0.232. The summed E-state index contributed by atoms with van der Waals surface area (Å²) in [6, 6.07) is 8.86. The van der Waals surface area contributed by atoms with Crippen LogP contribution in [0.3, 0.4) is 0 Å². The van der Waals surface area contributed by atoms with E-state index in [-0.39, 0.29) is 17.3 Å². The summed E-state index contributed by atoms with van der Waals surface area (Å²) >= 11 is 11.6. The SMILES string of the molecule is O=C(COc1ccc(Cl)c(Cl)c1)Nc1ccc(S(=O)(=O)C(F)F)cc1. The Kier molecular flexibility index (Phi) is 6.21. The molecule has 134 valence electrons. The smallest absolute Gasteiger partial charge is 0.341 e. The minimum Gasteiger partial charge on any atom is -0.484 e. The van der Waals surface area contributed by atoms with E-state index in [1.807, 2.05) is 0 Å². The predicted octanol–water partition coefficient (Wildman–Crippen LogP) is 4.01. The van der Waals surface area contributed by atoms with Gasteiger partial charge in [0.1, 0.15) is 5.75 Å². The number of halogens is 4. The van der Waals surface area contributed by atoms with Crippen LogP contribution in [-0.2, 0) is 14.6 Å². The van der Waals surface area contributed by atoms with Gasteiger partial charge in [-0.1, -0.05) is 23.2 Å². The van der Waals surface area contributed by atoms with Crippen molar-refractivity contribution in [1.29, 1.82) is 0 Å². The van der Waals surface area contributed by atoms with E-state index in [2.05, 4.69) is 5.32 Å². The van der Waals surface area contributed by atoms with Crippen LogP contribution < -0.4 is 10.1 Å². The number of sulfone groups is 1. The van der Waals surface area contributed by atoms with Gasteiger partial charge < -0.3 is 10.1 Å². The van der Waals surface area contributed by atoms with Crippen molar-refractivity contribution in [1.82, 2.24) is 0 Å². The standard InChI is InChI=1S/C15H11Cl2F2NO4S/c16-12-6-3-10(7-13(12)17)24-8-14(21)20-9-1-4-11(5-2-9)25(22,23)15(18)19/h1-7,15H,8H2,(H,20,21). The molecular formula is C15H11Cl2F2NO4S. The molecule has 0 bridgehead atoms. The van der Waals surface area contributed by atoms with Crippen LogP contribution in [0.5, 0.6) is 5.75 Å². The van der Waals surface area contributed by atoms with Crippen LogP contribution in [0.1, 0.15) is 0 Å². The Morgan fingerprint density at radius 2 is 1.72 bits per heavy atom. The van der Waals surface area contributed by atoms with E-state index in [1.165, 1.54) is 30.3 Å². The number of amides is 1. The summed E-state index contributed by atoms with van der Waals surface area (Å²) in [5, 5.41) is 3.06. The summed E-state index contributed by atoms with van der Waals surface area (Å²) in [6.45, 7) is -0.338. The van der Waals surface area contributed by atoms with Crippen LogP contribution in [-0.4, -0.2) is 26.7 Å². The lowest BCUT2D eigenvalue weighted by atomic mass is 10.3. The number of anilines is 1. The van der Waals surface area contributed by atoms with Crippen molar-refractivity contribution in [3.05, 3.63) is 52.5 Å². The van der Waals surface area contributed by atoms with Crippen molar-refractivity contribution in [2.24, 2.45) is 0 Å². The fraction of sp³-hybridized carbons (Fsp3) is 0.133.